The number of ether oxygens (including phenoxy) is 1. The molecule has 0 saturated heterocycles. The smallest absolute Gasteiger partial charge is 0.396 e. The van der Waals surface area contributed by atoms with Gasteiger partial charge in [0.15, 0.2) is 0 Å². The second-order valence-corrected chi connectivity index (χ2v) is 5.69. The lowest BCUT2D eigenvalue weighted by Gasteiger charge is -2.22. The number of nitrogens with zero attached hydrogens (tertiary/aromatic N) is 4. The number of esters is 1. The lowest BCUT2D eigenvalue weighted by molar-refractivity contribution is 0.0481. The summed E-state index contributed by atoms with van der Waals surface area (Å²) in [5.41, 5.74) is 1.61. The number of anilines is 1. The van der Waals surface area contributed by atoms with Crippen LogP contribution >= 0.6 is 0 Å². The lowest BCUT2D eigenvalue weighted by atomic mass is 10.1. The van der Waals surface area contributed by atoms with E-state index in [-0.39, 0.29) is 18.5 Å². The highest BCUT2D eigenvalue weighted by Crippen LogP contribution is 2.18. The third-order valence-electron chi connectivity index (χ3n) is 3.18. The summed E-state index contributed by atoms with van der Waals surface area (Å²) in [6, 6.07) is 9.66. The van der Waals surface area contributed by atoms with Gasteiger partial charge in [0, 0.05) is 13.1 Å². The molecule has 0 aliphatic heterocycles. The normalized spacial score (nSPS) is 10.5. The van der Waals surface area contributed by atoms with Crippen LogP contribution in [0.4, 0.5) is 6.01 Å². The molecule has 2 aromatic rings. The first-order valence-corrected chi connectivity index (χ1v) is 7.78. The monoisotopic (exact) mass is 328 g/mol. The summed E-state index contributed by atoms with van der Waals surface area (Å²) in [6.45, 7) is 7.34. The molecule has 1 heterocycles. The van der Waals surface area contributed by atoms with Crippen LogP contribution in [0.3, 0.4) is 0 Å². The highest BCUT2D eigenvalue weighted by Gasteiger charge is 2.20. The highest BCUT2D eigenvalue weighted by molar-refractivity contribution is 5.84. The average molecular weight is 328 g/mol. The van der Waals surface area contributed by atoms with E-state index in [2.05, 4.69) is 30.1 Å². The summed E-state index contributed by atoms with van der Waals surface area (Å²) >= 11 is 0. The van der Waals surface area contributed by atoms with Crippen LogP contribution in [0.1, 0.15) is 42.6 Å². The van der Waals surface area contributed by atoms with Crippen molar-refractivity contribution in [2.75, 3.05) is 18.1 Å². The zero-order valence-electron chi connectivity index (χ0n) is 14.0. The molecule has 0 bridgehead atoms. The Balaban J connectivity index is 2.18. The molecule has 0 radical (unpaired) electrons. The summed E-state index contributed by atoms with van der Waals surface area (Å²) in [7, 11) is 0. The van der Waals surface area contributed by atoms with E-state index < -0.39 is 5.97 Å². The molecule has 0 atom stereocenters. The molecule has 126 valence electrons. The third-order valence-corrected chi connectivity index (χ3v) is 3.18. The number of nitriles is 1. The van der Waals surface area contributed by atoms with Gasteiger partial charge in [-0.3, -0.25) is 0 Å². The van der Waals surface area contributed by atoms with Gasteiger partial charge in [0.2, 0.25) is 0 Å². The van der Waals surface area contributed by atoms with Gasteiger partial charge >= 0.3 is 17.9 Å². The number of benzene rings is 1. The van der Waals surface area contributed by atoms with Gasteiger partial charge in [0.1, 0.15) is 0 Å². The molecule has 1 aromatic carbocycles. The Bertz CT molecular complexity index is 716. The van der Waals surface area contributed by atoms with Crippen molar-refractivity contribution in [3.05, 3.63) is 41.3 Å². The fraction of sp³-hybridized carbons (Fsp3) is 0.412. The molecule has 2 rings (SSSR count). The van der Waals surface area contributed by atoms with Crippen molar-refractivity contribution in [3.63, 3.8) is 0 Å². The van der Waals surface area contributed by atoms with Gasteiger partial charge in [-0.2, -0.15) is 5.26 Å². The Kier molecular flexibility index (Phi) is 5.90. The fourth-order valence-electron chi connectivity index (χ4n) is 2.17. The second-order valence-electron chi connectivity index (χ2n) is 5.69. The van der Waals surface area contributed by atoms with Crippen LogP contribution in [-0.2, 0) is 11.3 Å². The van der Waals surface area contributed by atoms with Crippen molar-refractivity contribution in [3.8, 4) is 6.07 Å². The van der Waals surface area contributed by atoms with Crippen molar-refractivity contribution >= 4 is 12.0 Å². The van der Waals surface area contributed by atoms with E-state index in [1.165, 1.54) is 0 Å². The molecule has 0 N–H and O–H groups in total. The predicted octanol–water partition coefficient (Wildman–Crippen LogP) is 2.78. The minimum Gasteiger partial charge on any atom is -0.459 e. The number of rotatable bonds is 7. The van der Waals surface area contributed by atoms with Crippen LogP contribution in [0.5, 0.6) is 0 Å². The molecule has 0 fully saturated rings. The number of aromatic nitrogens is 2. The minimum absolute atomic E-state index is 0.152. The lowest BCUT2D eigenvalue weighted by Crippen LogP contribution is -2.27. The summed E-state index contributed by atoms with van der Waals surface area (Å²) in [4.78, 5) is 13.6. The molecular formula is C17H20N4O3. The minimum atomic E-state index is -0.626. The molecule has 7 nitrogen and oxygen atoms in total. The van der Waals surface area contributed by atoms with Gasteiger partial charge < -0.3 is 14.1 Å². The number of carbonyl (C=O) groups excluding carboxylic acids is 1. The highest BCUT2D eigenvalue weighted by atomic mass is 16.5. The standard InChI is InChI=1S/C17H20N4O3/c1-4-23-16(22)15-19-20-17(24-15)21(10-12(2)3)11-14-7-5-13(9-18)6-8-14/h5-8,12H,4,10-11H2,1-3H3. The second kappa shape index (κ2) is 8.11. The molecular weight excluding hydrogens is 308 g/mol. The van der Waals surface area contributed by atoms with E-state index in [0.717, 1.165) is 5.56 Å². The molecule has 24 heavy (non-hydrogen) atoms. The Hall–Kier alpha value is -2.88. The summed E-state index contributed by atoms with van der Waals surface area (Å²) < 4.78 is 10.3. The first-order chi connectivity index (χ1) is 11.5. The van der Waals surface area contributed by atoms with Crippen LogP contribution in [0.25, 0.3) is 0 Å². The molecule has 0 unspecified atom stereocenters. The largest absolute Gasteiger partial charge is 0.459 e. The van der Waals surface area contributed by atoms with Crippen LogP contribution < -0.4 is 4.90 Å². The third kappa shape index (κ3) is 4.56. The first kappa shape index (κ1) is 17.5. The number of hydrogen-bond acceptors (Lipinski definition) is 7. The van der Waals surface area contributed by atoms with Crippen LogP contribution in [0.15, 0.2) is 28.7 Å². The quantitative estimate of drug-likeness (QED) is 0.721. The van der Waals surface area contributed by atoms with Crippen molar-refractivity contribution in [2.45, 2.75) is 27.3 Å². The molecule has 1 aromatic heterocycles. The molecule has 0 spiro atoms. The average Bonchev–Trinajstić information content (AvgIpc) is 3.05. The molecule has 7 heteroatoms. The maximum atomic E-state index is 11.7. The van der Waals surface area contributed by atoms with E-state index in [4.69, 9.17) is 14.4 Å². The zero-order chi connectivity index (χ0) is 17.5. The van der Waals surface area contributed by atoms with Gasteiger partial charge in [-0.1, -0.05) is 36.2 Å². The fourth-order valence-corrected chi connectivity index (χ4v) is 2.17. The van der Waals surface area contributed by atoms with Gasteiger partial charge in [-0.15, -0.1) is 0 Å². The topological polar surface area (TPSA) is 92.2 Å². The van der Waals surface area contributed by atoms with Gasteiger partial charge in [0.25, 0.3) is 0 Å². The number of hydrogen-bond donors (Lipinski definition) is 0. The van der Waals surface area contributed by atoms with Crippen molar-refractivity contribution in [1.29, 1.82) is 5.26 Å². The molecule has 0 aliphatic rings. The number of carbonyl (C=O) groups is 1. The van der Waals surface area contributed by atoms with Crippen LogP contribution in [0.2, 0.25) is 0 Å². The van der Waals surface area contributed by atoms with E-state index in [9.17, 15) is 4.79 Å². The Morgan fingerprint density at radius 1 is 1.33 bits per heavy atom. The van der Waals surface area contributed by atoms with Crippen molar-refractivity contribution < 1.29 is 13.9 Å². The maximum absolute atomic E-state index is 11.7. The summed E-state index contributed by atoms with van der Waals surface area (Å²) in [5, 5.41) is 16.6. The maximum Gasteiger partial charge on any atom is 0.396 e. The SMILES string of the molecule is CCOC(=O)c1nnc(N(Cc2ccc(C#N)cc2)CC(C)C)o1. The molecule has 0 saturated carbocycles. The predicted molar refractivity (Wildman–Crippen MR) is 87.3 cm³/mol. The Morgan fingerprint density at radius 2 is 2.04 bits per heavy atom. The first-order valence-electron chi connectivity index (χ1n) is 7.78. The van der Waals surface area contributed by atoms with E-state index in [1.54, 1.807) is 19.1 Å². The van der Waals surface area contributed by atoms with Gasteiger partial charge in [-0.05, 0) is 30.5 Å². The zero-order valence-corrected chi connectivity index (χ0v) is 14.0. The Morgan fingerprint density at radius 3 is 2.62 bits per heavy atom. The van der Waals surface area contributed by atoms with Crippen LogP contribution in [-0.4, -0.2) is 29.3 Å². The van der Waals surface area contributed by atoms with E-state index >= 15 is 0 Å². The van der Waals surface area contributed by atoms with Gasteiger partial charge in [0.05, 0.1) is 18.2 Å². The van der Waals surface area contributed by atoms with E-state index in [0.29, 0.717) is 24.6 Å². The van der Waals surface area contributed by atoms with Crippen LogP contribution in [0, 0.1) is 17.2 Å². The summed E-state index contributed by atoms with van der Waals surface area (Å²) in [6.07, 6.45) is 0. The van der Waals surface area contributed by atoms with E-state index in [1.807, 2.05) is 17.0 Å². The summed E-state index contributed by atoms with van der Waals surface area (Å²) in [5.74, 6) is -0.416. The van der Waals surface area contributed by atoms with Gasteiger partial charge in [-0.25, -0.2) is 4.79 Å². The molecule has 0 amide bonds. The Labute approximate surface area is 140 Å². The van der Waals surface area contributed by atoms with Crippen molar-refractivity contribution in [2.24, 2.45) is 5.92 Å². The van der Waals surface area contributed by atoms with Crippen molar-refractivity contribution in [1.82, 2.24) is 10.2 Å². The molecule has 0 aliphatic carbocycles.